The van der Waals surface area contributed by atoms with Crippen molar-refractivity contribution < 1.29 is 13.5 Å². The molecule has 0 saturated heterocycles. The standard InChI is InChI=1S/C10H19N3O3S/c1-4-10(3,5-2)13-17(15,16)9-8(7-14)6-11-12-9/h6,13-14H,4-5,7H2,1-3H3,(H,11,12). The Morgan fingerprint density at radius 3 is 2.53 bits per heavy atom. The van der Waals surface area contributed by atoms with Gasteiger partial charge in [-0.25, -0.2) is 13.1 Å². The molecule has 0 bridgehead atoms. The zero-order valence-corrected chi connectivity index (χ0v) is 11.1. The molecule has 7 heteroatoms. The Morgan fingerprint density at radius 1 is 1.47 bits per heavy atom. The maximum Gasteiger partial charge on any atom is 0.258 e. The summed E-state index contributed by atoms with van der Waals surface area (Å²) in [7, 11) is -3.67. The van der Waals surface area contributed by atoms with Crippen molar-refractivity contribution in [3.8, 4) is 0 Å². The molecule has 0 radical (unpaired) electrons. The molecule has 0 aliphatic carbocycles. The van der Waals surface area contributed by atoms with E-state index in [0.29, 0.717) is 12.8 Å². The predicted octanol–water partition coefficient (Wildman–Crippen LogP) is 0.759. The number of hydrogen-bond acceptors (Lipinski definition) is 4. The lowest BCUT2D eigenvalue weighted by Gasteiger charge is -2.27. The maximum absolute atomic E-state index is 12.1. The highest BCUT2D eigenvalue weighted by Gasteiger charge is 2.29. The lowest BCUT2D eigenvalue weighted by atomic mass is 9.98. The van der Waals surface area contributed by atoms with Gasteiger partial charge < -0.3 is 5.11 Å². The molecule has 0 fully saturated rings. The smallest absolute Gasteiger partial charge is 0.258 e. The highest BCUT2D eigenvalue weighted by atomic mass is 32.2. The van der Waals surface area contributed by atoms with Crippen LogP contribution in [0.4, 0.5) is 0 Å². The molecule has 6 nitrogen and oxygen atoms in total. The number of H-pyrrole nitrogens is 1. The summed E-state index contributed by atoms with van der Waals surface area (Å²) in [5.41, 5.74) is -0.219. The van der Waals surface area contributed by atoms with Crippen LogP contribution in [0.5, 0.6) is 0 Å². The first-order valence-electron chi connectivity index (χ1n) is 5.55. The van der Waals surface area contributed by atoms with Crippen LogP contribution in [0.3, 0.4) is 0 Å². The first-order valence-corrected chi connectivity index (χ1v) is 7.04. The molecule has 98 valence electrons. The molecule has 0 atom stereocenters. The van der Waals surface area contributed by atoms with E-state index in [1.807, 2.05) is 20.8 Å². The van der Waals surface area contributed by atoms with Crippen LogP contribution in [-0.2, 0) is 16.6 Å². The van der Waals surface area contributed by atoms with Crippen molar-refractivity contribution >= 4 is 10.0 Å². The van der Waals surface area contributed by atoms with E-state index in [1.54, 1.807) is 0 Å². The monoisotopic (exact) mass is 261 g/mol. The van der Waals surface area contributed by atoms with E-state index in [4.69, 9.17) is 5.11 Å². The van der Waals surface area contributed by atoms with Crippen LogP contribution in [0, 0.1) is 0 Å². The zero-order valence-electron chi connectivity index (χ0n) is 10.3. The van der Waals surface area contributed by atoms with Gasteiger partial charge in [-0.15, -0.1) is 0 Å². The Hall–Kier alpha value is -0.920. The van der Waals surface area contributed by atoms with E-state index >= 15 is 0 Å². The van der Waals surface area contributed by atoms with Gasteiger partial charge in [0.1, 0.15) is 0 Å². The van der Waals surface area contributed by atoms with E-state index in [-0.39, 0.29) is 17.2 Å². The Labute approximate surface area is 101 Å². The Morgan fingerprint density at radius 2 is 2.06 bits per heavy atom. The molecule has 0 saturated carbocycles. The number of nitrogens with one attached hydrogen (secondary N) is 2. The second kappa shape index (κ2) is 5.16. The van der Waals surface area contributed by atoms with Crippen molar-refractivity contribution in [2.75, 3.05) is 0 Å². The average molecular weight is 261 g/mol. The van der Waals surface area contributed by atoms with Crippen molar-refractivity contribution in [2.45, 2.75) is 50.8 Å². The van der Waals surface area contributed by atoms with Gasteiger partial charge in [0.2, 0.25) is 0 Å². The van der Waals surface area contributed by atoms with Crippen molar-refractivity contribution in [1.82, 2.24) is 14.9 Å². The Bertz CT molecular complexity index is 463. The van der Waals surface area contributed by atoms with Gasteiger partial charge in [0.15, 0.2) is 5.03 Å². The first-order chi connectivity index (χ1) is 7.88. The lowest BCUT2D eigenvalue weighted by Crippen LogP contribution is -2.45. The van der Waals surface area contributed by atoms with Crippen molar-refractivity contribution in [2.24, 2.45) is 0 Å². The fourth-order valence-corrected chi connectivity index (χ4v) is 3.09. The fraction of sp³-hybridized carbons (Fsp3) is 0.700. The van der Waals surface area contributed by atoms with Gasteiger partial charge in [-0.3, -0.25) is 5.10 Å². The number of sulfonamides is 1. The van der Waals surface area contributed by atoms with E-state index in [9.17, 15) is 8.42 Å². The number of rotatable bonds is 6. The molecule has 0 aliphatic rings. The van der Waals surface area contributed by atoms with E-state index in [2.05, 4.69) is 14.9 Å². The third-order valence-electron chi connectivity index (χ3n) is 3.06. The summed E-state index contributed by atoms with van der Waals surface area (Å²) < 4.78 is 26.9. The van der Waals surface area contributed by atoms with Crippen molar-refractivity contribution in [3.63, 3.8) is 0 Å². The first kappa shape index (κ1) is 14.1. The Kier molecular flexibility index (Phi) is 4.29. The summed E-state index contributed by atoms with van der Waals surface area (Å²) in [4.78, 5) is 0. The summed E-state index contributed by atoms with van der Waals surface area (Å²) >= 11 is 0. The largest absolute Gasteiger partial charge is 0.392 e. The highest BCUT2D eigenvalue weighted by Crippen LogP contribution is 2.19. The van der Waals surface area contributed by atoms with Crippen LogP contribution in [-0.4, -0.2) is 29.3 Å². The number of aliphatic hydroxyl groups is 1. The highest BCUT2D eigenvalue weighted by molar-refractivity contribution is 7.89. The molecule has 0 unspecified atom stereocenters. The molecule has 0 amide bonds. The molecular weight excluding hydrogens is 242 g/mol. The van der Waals surface area contributed by atoms with E-state index in [1.165, 1.54) is 6.20 Å². The SMILES string of the molecule is CCC(C)(CC)NS(=O)(=O)c1[nH]ncc1CO. The molecule has 17 heavy (non-hydrogen) atoms. The topological polar surface area (TPSA) is 95.1 Å². The fourth-order valence-electron chi connectivity index (χ4n) is 1.41. The van der Waals surface area contributed by atoms with Crippen molar-refractivity contribution in [3.05, 3.63) is 11.8 Å². The van der Waals surface area contributed by atoms with Crippen LogP contribution in [0.15, 0.2) is 11.2 Å². The summed E-state index contributed by atoms with van der Waals surface area (Å²) in [5.74, 6) is 0. The van der Waals surface area contributed by atoms with Gasteiger partial charge >= 0.3 is 0 Å². The van der Waals surface area contributed by atoms with Crippen LogP contribution >= 0.6 is 0 Å². The van der Waals surface area contributed by atoms with Crippen LogP contribution in [0.25, 0.3) is 0 Å². The second-order valence-electron chi connectivity index (χ2n) is 4.26. The predicted molar refractivity (Wildman–Crippen MR) is 63.8 cm³/mol. The van der Waals surface area contributed by atoms with Gasteiger partial charge in [-0.2, -0.15) is 5.10 Å². The molecule has 1 aromatic rings. The second-order valence-corrected chi connectivity index (χ2v) is 5.87. The summed E-state index contributed by atoms with van der Waals surface area (Å²) in [5, 5.41) is 15.0. The molecule has 1 aromatic heterocycles. The minimum Gasteiger partial charge on any atom is -0.392 e. The lowest BCUT2D eigenvalue weighted by molar-refractivity contribution is 0.278. The molecule has 1 rings (SSSR count). The zero-order chi connectivity index (χ0) is 13.1. The molecule has 1 heterocycles. The van der Waals surface area contributed by atoms with Gasteiger partial charge in [0, 0.05) is 11.1 Å². The number of aromatic nitrogens is 2. The summed E-state index contributed by atoms with van der Waals surface area (Å²) in [6.45, 7) is 5.33. The quantitative estimate of drug-likeness (QED) is 0.704. The molecule has 0 aromatic carbocycles. The summed E-state index contributed by atoms with van der Waals surface area (Å²) in [6.07, 6.45) is 2.68. The third kappa shape index (κ3) is 3.05. The van der Waals surface area contributed by atoms with E-state index < -0.39 is 15.6 Å². The average Bonchev–Trinajstić information content (AvgIpc) is 2.77. The van der Waals surface area contributed by atoms with Gasteiger partial charge in [-0.05, 0) is 19.8 Å². The van der Waals surface area contributed by atoms with E-state index in [0.717, 1.165) is 0 Å². The molecule has 0 aliphatic heterocycles. The molecule has 3 N–H and O–H groups in total. The minimum atomic E-state index is -3.67. The summed E-state index contributed by atoms with van der Waals surface area (Å²) in [6, 6.07) is 0. The van der Waals surface area contributed by atoms with Crippen LogP contribution in [0.1, 0.15) is 39.2 Å². The number of aromatic amines is 1. The number of aliphatic hydroxyl groups excluding tert-OH is 1. The van der Waals surface area contributed by atoms with Gasteiger partial charge in [0.25, 0.3) is 10.0 Å². The van der Waals surface area contributed by atoms with Gasteiger partial charge in [0.05, 0.1) is 12.8 Å². The number of nitrogens with zero attached hydrogens (tertiary/aromatic N) is 1. The normalized spacial score (nSPS) is 12.9. The number of hydrogen-bond donors (Lipinski definition) is 3. The van der Waals surface area contributed by atoms with Crippen molar-refractivity contribution in [1.29, 1.82) is 0 Å². The van der Waals surface area contributed by atoms with Crippen LogP contribution in [0.2, 0.25) is 0 Å². The Balaban J connectivity index is 3.05. The third-order valence-corrected chi connectivity index (χ3v) is 4.71. The minimum absolute atomic E-state index is 0.0619. The molecular formula is C10H19N3O3S. The van der Waals surface area contributed by atoms with Gasteiger partial charge in [-0.1, -0.05) is 13.8 Å². The van der Waals surface area contributed by atoms with Crippen LogP contribution < -0.4 is 4.72 Å². The molecule has 0 spiro atoms. The maximum atomic E-state index is 12.1.